The Labute approximate surface area is 168 Å². The summed E-state index contributed by atoms with van der Waals surface area (Å²) in [4.78, 5) is 26.0. The van der Waals surface area contributed by atoms with Crippen LogP contribution in [0.15, 0.2) is 36.7 Å². The maximum Gasteiger partial charge on any atom is 0.275 e. The predicted octanol–water partition coefficient (Wildman–Crippen LogP) is 4.34. The van der Waals surface area contributed by atoms with Gasteiger partial charge < -0.3 is 15.1 Å². The second-order valence-corrected chi connectivity index (χ2v) is 7.18. The van der Waals surface area contributed by atoms with Crippen molar-refractivity contribution in [2.75, 3.05) is 34.8 Å². The van der Waals surface area contributed by atoms with E-state index in [1.165, 1.54) is 19.3 Å². The van der Waals surface area contributed by atoms with Crippen molar-refractivity contribution < 1.29 is 4.79 Å². The fourth-order valence-electron chi connectivity index (χ4n) is 3.85. The predicted molar refractivity (Wildman–Crippen MR) is 115 cm³/mol. The van der Waals surface area contributed by atoms with Crippen LogP contribution in [0.2, 0.25) is 0 Å². The molecular formula is C22H31N5O. The number of piperidine rings is 1. The summed E-state index contributed by atoms with van der Waals surface area (Å²) in [5.74, 6) is 0.631. The molecule has 1 aliphatic heterocycles. The van der Waals surface area contributed by atoms with Gasteiger partial charge in [-0.3, -0.25) is 4.79 Å². The normalized spacial score (nSPS) is 16.7. The molecule has 28 heavy (non-hydrogen) atoms. The molecule has 0 bridgehead atoms. The van der Waals surface area contributed by atoms with Gasteiger partial charge in [-0.1, -0.05) is 6.92 Å². The van der Waals surface area contributed by atoms with Gasteiger partial charge in [0.1, 0.15) is 11.5 Å². The van der Waals surface area contributed by atoms with E-state index in [0.717, 1.165) is 43.2 Å². The van der Waals surface area contributed by atoms with E-state index in [0.29, 0.717) is 11.7 Å². The number of nitrogens with zero attached hydrogens (tertiary/aromatic N) is 4. The Morgan fingerprint density at radius 3 is 2.46 bits per heavy atom. The van der Waals surface area contributed by atoms with Crippen molar-refractivity contribution in [3.8, 4) is 0 Å². The monoisotopic (exact) mass is 381 g/mol. The number of amides is 1. The van der Waals surface area contributed by atoms with Crippen LogP contribution in [0.3, 0.4) is 0 Å². The van der Waals surface area contributed by atoms with Gasteiger partial charge in [-0.05, 0) is 63.8 Å². The fourth-order valence-corrected chi connectivity index (χ4v) is 3.85. The third-order valence-corrected chi connectivity index (χ3v) is 5.52. The van der Waals surface area contributed by atoms with Gasteiger partial charge >= 0.3 is 0 Å². The highest BCUT2D eigenvalue weighted by atomic mass is 16.1. The molecule has 1 N–H and O–H groups in total. The van der Waals surface area contributed by atoms with Crippen molar-refractivity contribution in [3.63, 3.8) is 0 Å². The molecule has 0 spiro atoms. The molecule has 1 aromatic carbocycles. The standard InChI is InChI=1S/C22H31N5O/c1-4-18-9-7-8-14-27(18)21-16-23-20(15-24-21)22(28)25-17-10-12-19(13-11-17)26(5-2)6-3/h10-13,15-16,18H,4-9,14H2,1-3H3,(H,25,28). The molecule has 1 aromatic heterocycles. The van der Waals surface area contributed by atoms with Crippen LogP contribution in [-0.4, -0.2) is 41.6 Å². The van der Waals surface area contributed by atoms with Crippen molar-refractivity contribution in [2.45, 2.75) is 52.5 Å². The van der Waals surface area contributed by atoms with E-state index in [4.69, 9.17) is 0 Å². The molecule has 0 radical (unpaired) electrons. The molecule has 2 heterocycles. The molecule has 1 amide bonds. The van der Waals surface area contributed by atoms with E-state index >= 15 is 0 Å². The summed E-state index contributed by atoms with van der Waals surface area (Å²) in [6, 6.07) is 8.42. The number of hydrogen-bond donors (Lipinski definition) is 1. The Bertz CT molecular complexity index is 756. The van der Waals surface area contributed by atoms with E-state index < -0.39 is 0 Å². The average Bonchev–Trinajstić information content (AvgIpc) is 2.76. The minimum absolute atomic E-state index is 0.236. The molecule has 3 rings (SSSR count). The first-order valence-corrected chi connectivity index (χ1v) is 10.4. The van der Waals surface area contributed by atoms with Crippen LogP contribution in [0.1, 0.15) is 56.9 Å². The van der Waals surface area contributed by atoms with Gasteiger partial charge in [-0.15, -0.1) is 0 Å². The lowest BCUT2D eigenvalue weighted by Crippen LogP contribution is -2.39. The van der Waals surface area contributed by atoms with Gasteiger partial charge in [0.2, 0.25) is 0 Å². The summed E-state index contributed by atoms with van der Waals surface area (Å²) >= 11 is 0. The maximum absolute atomic E-state index is 12.5. The van der Waals surface area contributed by atoms with Crippen molar-refractivity contribution in [1.29, 1.82) is 0 Å². The molecule has 0 aliphatic carbocycles. The second kappa shape index (κ2) is 9.53. The molecule has 1 aliphatic rings. The van der Waals surface area contributed by atoms with E-state index in [1.807, 2.05) is 24.3 Å². The molecule has 150 valence electrons. The smallest absolute Gasteiger partial charge is 0.275 e. The highest BCUT2D eigenvalue weighted by Crippen LogP contribution is 2.24. The Balaban J connectivity index is 1.64. The topological polar surface area (TPSA) is 61.4 Å². The summed E-state index contributed by atoms with van der Waals surface area (Å²) in [6.45, 7) is 9.41. The molecule has 1 unspecified atom stereocenters. The van der Waals surface area contributed by atoms with Gasteiger partial charge in [0, 0.05) is 37.1 Å². The highest BCUT2D eigenvalue weighted by molar-refractivity contribution is 6.02. The van der Waals surface area contributed by atoms with Crippen LogP contribution in [0, 0.1) is 0 Å². The number of hydrogen-bond acceptors (Lipinski definition) is 5. The summed E-state index contributed by atoms with van der Waals surface area (Å²) in [5.41, 5.74) is 2.25. The zero-order chi connectivity index (χ0) is 19.9. The molecular weight excluding hydrogens is 350 g/mol. The first kappa shape index (κ1) is 20.1. The summed E-state index contributed by atoms with van der Waals surface area (Å²) < 4.78 is 0. The summed E-state index contributed by atoms with van der Waals surface area (Å²) in [6.07, 6.45) is 8.07. The first-order valence-electron chi connectivity index (χ1n) is 10.4. The van der Waals surface area contributed by atoms with Crippen LogP contribution in [0.4, 0.5) is 17.2 Å². The van der Waals surface area contributed by atoms with Crippen molar-refractivity contribution in [3.05, 3.63) is 42.4 Å². The van der Waals surface area contributed by atoms with E-state index in [2.05, 4.69) is 45.9 Å². The number of anilines is 3. The zero-order valence-corrected chi connectivity index (χ0v) is 17.2. The summed E-state index contributed by atoms with van der Waals surface area (Å²) in [5, 5.41) is 2.91. The molecule has 2 aromatic rings. The average molecular weight is 382 g/mol. The number of rotatable bonds is 7. The number of benzene rings is 1. The molecule has 1 saturated heterocycles. The van der Waals surface area contributed by atoms with Gasteiger partial charge in [0.15, 0.2) is 0 Å². The molecule has 6 nitrogen and oxygen atoms in total. The lowest BCUT2D eigenvalue weighted by Gasteiger charge is -2.35. The Morgan fingerprint density at radius 2 is 1.86 bits per heavy atom. The van der Waals surface area contributed by atoms with Crippen molar-refractivity contribution >= 4 is 23.1 Å². The van der Waals surface area contributed by atoms with Crippen LogP contribution in [0.5, 0.6) is 0 Å². The first-order chi connectivity index (χ1) is 13.7. The van der Waals surface area contributed by atoms with Gasteiger partial charge in [-0.2, -0.15) is 0 Å². The van der Waals surface area contributed by atoms with Crippen LogP contribution >= 0.6 is 0 Å². The number of nitrogens with one attached hydrogen (secondary N) is 1. The Kier molecular flexibility index (Phi) is 6.85. The van der Waals surface area contributed by atoms with E-state index in [1.54, 1.807) is 12.4 Å². The Morgan fingerprint density at radius 1 is 1.11 bits per heavy atom. The third kappa shape index (κ3) is 4.61. The molecule has 1 atom stereocenters. The van der Waals surface area contributed by atoms with Crippen molar-refractivity contribution in [1.82, 2.24) is 9.97 Å². The lowest BCUT2D eigenvalue weighted by molar-refractivity contribution is 0.102. The molecule has 1 fully saturated rings. The zero-order valence-electron chi connectivity index (χ0n) is 17.2. The maximum atomic E-state index is 12.5. The number of carbonyl (C=O) groups is 1. The second-order valence-electron chi connectivity index (χ2n) is 7.18. The fraction of sp³-hybridized carbons (Fsp3) is 0.500. The molecule has 6 heteroatoms. The number of carbonyl (C=O) groups excluding carboxylic acids is 1. The van der Waals surface area contributed by atoms with Crippen LogP contribution < -0.4 is 15.1 Å². The van der Waals surface area contributed by atoms with Crippen LogP contribution in [-0.2, 0) is 0 Å². The molecule has 0 saturated carbocycles. The third-order valence-electron chi connectivity index (χ3n) is 5.52. The van der Waals surface area contributed by atoms with Gasteiger partial charge in [-0.25, -0.2) is 9.97 Å². The quantitative estimate of drug-likeness (QED) is 0.773. The lowest BCUT2D eigenvalue weighted by atomic mass is 10.0. The van der Waals surface area contributed by atoms with Gasteiger partial charge in [0.25, 0.3) is 5.91 Å². The van der Waals surface area contributed by atoms with Crippen molar-refractivity contribution in [2.24, 2.45) is 0 Å². The highest BCUT2D eigenvalue weighted by Gasteiger charge is 2.22. The SMILES string of the molecule is CCC1CCCCN1c1cnc(C(=O)Nc2ccc(N(CC)CC)cc2)cn1. The summed E-state index contributed by atoms with van der Waals surface area (Å²) in [7, 11) is 0. The minimum Gasteiger partial charge on any atom is -0.372 e. The largest absolute Gasteiger partial charge is 0.372 e. The minimum atomic E-state index is -0.236. The van der Waals surface area contributed by atoms with Crippen LogP contribution in [0.25, 0.3) is 0 Å². The Hall–Kier alpha value is -2.63. The van der Waals surface area contributed by atoms with Gasteiger partial charge in [0.05, 0.1) is 12.4 Å². The number of aromatic nitrogens is 2. The van der Waals surface area contributed by atoms with E-state index in [9.17, 15) is 4.79 Å². The van der Waals surface area contributed by atoms with E-state index in [-0.39, 0.29) is 5.91 Å².